The van der Waals surface area contributed by atoms with Gasteiger partial charge in [-0.25, -0.2) is 0 Å². The molecular weight excluding hydrogens is 324 g/mol. The molecule has 1 heterocycles. The van der Waals surface area contributed by atoms with Gasteiger partial charge >= 0.3 is 0 Å². The molecular formula is C21H36N4O. The zero-order valence-electron chi connectivity index (χ0n) is 16.8. The van der Waals surface area contributed by atoms with E-state index in [-0.39, 0.29) is 0 Å². The summed E-state index contributed by atoms with van der Waals surface area (Å²) in [5, 5.41) is 6.83. The van der Waals surface area contributed by atoms with E-state index in [1.807, 2.05) is 12.1 Å². The topological polar surface area (TPSA) is 48.9 Å². The third-order valence-electron chi connectivity index (χ3n) is 4.96. The van der Waals surface area contributed by atoms with Crippen molar-refractivity contribution in [3.05, 3.63) is 29.8 Å². The van der Waals surface area contributed by atoms with Crippen LogP contribution >= 0.6 is 0 Å². The summed E-state index contributed by atoms with van der Waals surface area (Å²) in [6.07, 6.45) is 4.78. The van der Waals surface area contributed by atoms with Crippen molar-refractivity contribution < 1.29 is 4.74 Å². The fourth-order valence-electron chi connectivity index (χ4n) is 3.39. The number of benzene rings is 1. The molecule has 0 aliphatic carbocycles. The average Bonchev–Trinajstić information content (AvgIpc) is 2.68. The van der Waals surface area contributed by atoms with Crippen LogP contribution in [0, 0.1) is 5.92 Å². The molecule has 0 atom stereocenters. The molecule has 1 aliphatic heterocycles. The minimum absolute atomic E-state index is 0.722. The largest absolute Gasteiger partial charge is 0.497 e. The van der Waals surface area contributed by atoms with Gasteiger partial charge in [0.05, 0.1) is 7.11 Å². The normalized spacial score (nSPS) is 16.5. The molecule has 0 aromatic heterocycles. The van der Waals surface area contributed by atoms with E-state index in [0.29, 0.717) is 0 Å². The van der Waals surface area contributed by atoms with Crippen molar-refractivity contribution >= 4 is 5.96 Å². The first kappa shape index (κ1) is 20.6. The zero-order chi connectivity index (χ0) is 18.6. The van der Waals surface area contributed by atoms with Crippen molar-refractivity contribution in [2.24, 2.45) is 10.9 Å². The van der Waals surface area contributed by atoms with Gasteiger partial charge in [0.2, 0.25) is 0 Å². The van der Waals surface area contributed by atoms with Gasteiger partial charge in [-0.2, -0.15) is 0 Å². The Bertz CT molecular complexity index is 521. The number of rotatable bonds is 9. The summed E-state index contributed by atoms with van der Waals surface area (Å²) < 4.78 is 5.21. The number of hydrogen-bond donors (Lipinski definition) is 2. The second-order valence-corrected chi connectivity index (χ2v) is 7.03. The van der Waals surface area contributed by atoms with Crippen molar-refractivity contribution in [3.63, 3.8) is 0 Å². The summed E-state index contributed by atoms with van der Waals surface area (Å²) in [4.78, 5) is 7.40. The summed E-state index contributed by atoms with van der Waals surface area (Å²) in [6.45, 7) is 10.8. The Hall–Kier alpha value is -1.75. The Morgan fingerprint density at radius 1 is 1.15 bits per heavy atom. The Labute approximate surface area is 159 Å². The zero-order valence-corrected chi connectivity index (χ0v) is 16.8. The monoisotopic (exact) mass is 360 g/mol. The SMILES string of the molecule is CCCN1CCC(CN=C(NCC)NCCc2ccc(OC)cc2)CC1. The van der Waals surface area contributed by atoms with Gasteiger partial charge < -0.3 is 20.3 Å². The van der Waals surface area contributed by atoms with Crippen LogP contribution in [0.1, 0.15) is 38.7 Å². The molecule has 5 heteroatoms. The number of likely N-dealkylation sites (tertiary alicyclic amines) is 1. The molecule has 5 nitrogen and oxygen atoms in total. The second kappa shape index (κ2) is 11.8. The Balaban J connectivity index is 1.73. The highest BCUT2D eigenvalue weighted by molar-refractivity contribution is 5.79. The van der Waals surface area contributed by atoms with Crippen LogP contribution in [-0.2, 0) is 6.42 Å². The third kappa shape index (κ3) is 7.24. The molecule has 1 aromatic carbocycles. The van der Waals surface area contributed by atoms with Gasteiger partial charge in [-0.1, -0.05) is 19.1 Å². The van der Waals surface area contributed by atoms with Crippen LogP contribution in [0.5, 0.6) is 5.75 Å². The highest BCUT2D eigenvalue weighted by Crippen LogP contribution is 2.17. The first-order valence-corrected chi connectivity index (χ1v) is 10.1. The number of ether oxygens (including phenoxy) is 1. The minimum atomic E-state index is 0.722. The van der Waals surface area contributed by atoms with Crippen molar-refractivity contribution in [2.75, 3.05) is 46.4 Å². The van der Waals surface area contributed by atoms with Gasteiger partial charge in [0.1, 0.15) is 5.75 Å². The van der Waals surface area contributed by atoms with Crippen LogP contribution in [0.4, 0.5) is 0 Å². The predicted octanol–water partition coefficient (Wildman–Crippen LogP) is 2.91. The summed E-state index contributed by atoms with van der Waals surface area (Å²) in [6, 6.07) is 8.27. The van der Waals surface area contributed by atoms with Gasteiger partial charge in [-0.3, -0.25) is 4.99 Å². The summed E-state index contributed by atoms with van der Waals surface area (Å²) in [5.74, 6) is 2.57. The molecule has 2 rings (SSSR count). The molecule has 2 N–H and O–H groups in total. The molecule has 1 saturated heterocycles. The fraction of sp³-hybridized carbons (Fsp3) is 0.667. The standard InChI is InChI=1S/C21H36N4O/c1-4-14-25-15-11-19(12-16-25)17-24-21(22-5-2)23-13-10-18-6-8-20(26-3)9-7-18/h6-9,19H,4-5,10-17H2,1-3H3,(H2,22,23,24). The number of nitrogens with zero attached hydrogens (tertiary/aromatic N) is 2. The smallest absolute Gasteiger partial charge is 0.191 e. The van der Waals surface area contributed by atoms with E-state index in [9.17, 15) is 0 Å². The number of piperidine rings is 1. The maximum absolute atomic E-state index is 5.21. The van der Waals surface area contributed by atoms with E-state index in [4.69, 9.17) is 9.73 Å². The van der Waals surface area contributed by atoms with E-state index in [1.54, 1.807) is 7.11 Å². The molecule has 0 radical (unpaired) electrons. The number of methoxy groups -OCH3 is 1. The van der Waals surface area contributed by atoms with Gasteiger partial charge in [-0.15, -0.1) is 0 Å². The average molecular weight is 361 g/mol. The number of nitrogens with one attached hydrogen (secondary N) is 2. The molecule has 0 bridgehead atoms. The van der Waals surface area contributed by atoms with Crippen molar-refractivity contribution in [3.8, 4) is 5.75 Å². The first-order chi connectivity index (χ1) is 12.7. The highest BCUT2D eigenvalue weighted by atomic mass is 16.5. The Morgan fingerprint density at radius 2 is 1.88 bits per heavy atom. The van der Waals surface area contributed by atoms with Crippen LogP contribution in [0.15, 0.2) is 29.3 Å². The van der Waals surface area contributed by atoms with Crippen molar-refractivity contribution in [2.45, 2.75) is 39.5 Å². The fourth-order valence-corrected chi connectivity index (χ4v) is 3.39. The minimum Gasteiger partial charge on any atom is -0.497 e. The van der Waals surface area contributed by atoms with E-state index < -0.39 is 0 Å². The lowest BCUT2D eigenvalue weighted by Gasteiger charge is -2.31. The Kier molecular flexibility index (Phi) is 9.32. The summed E-state index contributed by atoms with van der Waals surface area (Å²) in [5.41, 5.74) is 1.30. The van der Waals surface area contributed by atoms with E-state index in [1.165, 1.54) is 44.5 Å². The molecule has 0 amide bonds. The van der Waals surface area contributed by atoms with Crippen molar-refractivity contribution in [1.29, 1.82) is 0 Å². The van der Waals surface area contributed by atoms with E-state index >= 15 is 0 Å². The maximum Gasteiger partial charge on any atom is 0.191 e. The maximum atomic E-state index is 5.21. The predicted molar refractivity (Wildman–Crippen MR) is 110 cm³/mol. The molecule has 26 heavy (non-hydrogen) atoms. The van der Waals surface area contributed by atoms with Gasteiger partial charge in [0, 0.05) is 19.6 Å². The number of guanidine groups is 1. The quantitative estimate of drug-likeness (QED) is 0.525. The van der Waals surface area contributed by atoms with Crippen LogP contribution in [-0.4, -0.2) is 57.2 Å². The van der Waals surface area contributed by atoms with Crippen LogP contribution in [0.25, 0.3) is 0 Å². The lowest BCUT2D eigenvalue weighted by atomic mass is 9.97. The lowest BCUT2D eigenvalue weighted by Crippen LogP contribution is -2.39. The second-order valence-electron chi connectivity index (χ2n) is 7.03. The summed E-state index contributed by atoms with van der Waals surface area (Å²) >= 11 is 0. The van der Waals surface area contributed by atoms with Crippen LogP contribution in [0.2, 0.25) is 0 Å². The van der Waals surface area contributed by atoms with Crippen LogP contribution < -0.4 is 15.4 Å². The van der Waals surface area contributed by atoms with Crippen LogP contribution in [0.3, 0.4) is 0 Å². The molecule has 1 aromatic rings. The van der Waals surface area contributed by atoms with Crippen molar-refractivity contribution in [1.82, 2.24) is 15.5 Å². The molecule has 0 spiro atoms. The molecule has 146 valence electrons. The molecule has 1 fully saturated rings. The molecule has 1 aliphatic rings. The molecule has 0 unspecified atom stereocenters. The molecule has 0 saturated carbocycles. The van der Waals surface area contributed by atoms with Gasteiger partial charge in [0.15, 0.2) is 5.96 Å². The third-order valence-corrected chi connectivity index (χ3v) is 4.96. The number of hydrogen-bond acceptors (Lipinski definition) is 3. The summed E-state index contributed by atoms with van der Waals surface area (Å²) in [7, 11) is 1.70. The van der Waals surface area contributed by atoms with E-state index in [0.717, 1.165) is 43.7 Å². The lowest BCUT2D eigenvalue weighted by molar-refractivity contribution is 0.188. The highest BCUT2D eigenvalue weighted by Gasteiger charge is 2.18. The first-order valence-electron chi connectivity index (χ1n) is 10.1. The van der Waals surface area contributed by atoms with Gasteiger partial charge in [-0.05, 0) is 75.9 Å². The number of aliphatic imine (C=N–C) groups is 1. The van der Waals surface area contributed by atoms with E-state index in [2.05, 4.69) is 41.5 Å². The van der Waals surface area contributed by atoms with Gasteiger partial charge in [0.25, 0.3) is 0 Å². The Morgan fingerprint density at radius 3 is 2.50 bits per heavy atom.